The summed E-state index contributed by atoms with van der Waals surface area (Å²) in [4.78, 5) is 21.6. The summed E-state index contributed by atoms with van der Waals surface area (Å²) in [6.07, 6.45) is 2.79. The van der Waals surface area contributed by atoms with E-state index < -0.39 is 5.97 Å². The molecule has 0 aliphatic rings. The van der Waals surface area contributed by atoms with E-state index in [1.54, 1.807) is 19.2 Å². The van der Waals surface area contributed by atoms with Gasteiger partial charge in [0.2, 0.25) is 5.91 Å². The highest BCUT2D eigenvalue weighted by Gasteiger charge is 2.09. The number of halogens is 2. The largest absolute Gasteiger partial charge is 0.491 e. The molecule has 0 bridgehead atoms. The van der Waals surface area contributed by atoms with Gasteiger partial charge in [-0.1, -0.05) is 0 Å². The van der Waals surface area contributed by atoms with Crippen LogP contribution in [0.3, 0.4) is 0 Å². The van der Waals surface area contributed by atoms with E-state index in [2.05, 4.69) is 37.2 Å². The molecule has 0 radical (unpaired) electrons. The van der Waals surface area contributed by atoms with Crippen LogP contribution in [0.2, 0.25) is 0 Å². The lowest BCUT2D eigenvalue weighted by Crippen LogP contribution is -2.20. The third-order valence-corrected chi connectivity index (χ3v) is 3.47. The zero-order valence-corrected chi connectivity index (χ0v) is 13.8. The molecule has 0 unspecified atom stereocenters. The molecule has 20 heavy (non-hydrogen) atoms. The van der Waals surface area contributed by atoms with Crippen LogP contribution >= 0.6 is 31.9 Å². The van der Waals surface area contributed by atoms with Crippen LogP contribution in [0.15, 0.2) is 27.2 Å². The van der Waals surface area contributed by atoms with Crippen LogP contribution in [0.4, 0.5) is 0 Å². The Morgan fingerprint density at radius 1 is 1.35 bits per heavy atom. The zero-order valence-electron chi connectivity index (χ0n) is 10.7. The average Bonchev–Trinajstić information content (AvgIpc) is 2.39. The number of aliphatic carboxylic acids is 1. The molecular weight excluding hydrogens is 394 g/mol. The standard InChI is InChI=1S/C13H13Br2NO4/c1-16-11(17)4-5-20-13-9(14)6-8(7-10(13)15)2-3-12(18)19/h2-3,6-7H,4-5H2,1H3,(H,16,17)(H,18,19)/b3-2+. The predicted molar refractivity (Wildman–Crippen MR) is 82.7 cm³/mol. The number of carboxylic acids is 1. The Hall–Kier alpha value is -1.34. The Labute approximate surface area is 133 Å². The molecule has 108 valence electrons. The maximum atomic E-state index is 11.1. The monoisotopic (exact) mass is 405 g/mol. The normalized spacial score (nSPS) is 10.6. The molecule has 0 aromatic heterocycles. The molecule has 2 N–H and O–H groups in total. The van der Waals surface area contributed by atoms with Crippen molar-refractivity contribution in [2.45, 2.75) is 6.42 Å². The van der Waals surface area contributed by atoms with Crippen LogP contribution in [0.1, 0.15) is 12.0 Å². The average molecular weight is 407 g/mol. The van der Waals surface area contributed by atoms with Crippen molar-refractivity contribution in [1.29, 1.82) is 0 Å². The number of rotatable bonds is 6. The van der Waals surface area contributed by atoms with Crippen molar-refractivity contribution in [3.8, 4) is 5.75 Å². The van der Waals surface area contributed by atoms with Gasteiger partial charge in [-0.2, -0.15) is 0 Å². The minimum Gasteiger partial charge on any atom is -0.491 e. The van der Waals surface area contributed by atoms with Gasteiger partial charge in [-0.25, -0.2) is 4.79 Å². The summed E-state index contributed by atoms with van der Waals surface area (Å²) in [5.41, 5.74) is 0.713. The minimum atomic E-state index is -1.01. The maximum Gasteiger partial charge on any atom is 0.328 e. The fourth-order valence-electron chi connectivity index (χ4n) is 1.35. The molecule has 0 spiro atoms. The van der Waals surface area contributed by atoms with Crippen molar-refractivity contribution in [2.75, 3.05) is 13.7 Å². The Kier molecular flexibility index (Phi) is 6.74. The van der Waals surface area contributed by atoms with Crippen molar-refractivity contribution < 1.29 is 19.4 Å². The molecule has 0 heterocycles. The molecule has 1 aromatic carbocycles. The summed E-state index contributed by atoms with van der Waals surface area (Å²) in [6.45, 7) is 0.251. The molecular formula is C13H13Br2NO4. The highest BCUT2D eigenvalue weighted by atomic mass is 79.9. The molecule has 0 atom stereocenters. The Balaban J connectivity index is 2.79. The fraction of sp³-hybridized carbons (Fsp3) is 0.231. The van der Waals surface area contributed by atoms with Crippen LogP contribution in [-0.2, 0) is 9.59 Å². The molecule has 1 rings (SSSR count). The number of benzene rings is 1. The first-order chi connectivity index (χ1) is 9.43. The van der Waals surface area contributed by atoms with Crippen molar-refractivity contribution in [3.63, 3.8) is 0 Å². The SMILES string of the molecule is CNC(=O)CCOc1c(Br)cc(/C=C/C(=O)O)cc1Br. The molecule has 0 fully saturated rings. The lowest BCUT2D eigenvalue weighted by molar-refractivity contribution is -0.131. The maximum absolute atomic E-state index is 11.1. The highest BCUT2D eigenvalue weighted by molar-refractivity contribution is 9.11. The fourth-order valence-corrected chi connectivity index (χ4v) is 2.80. The van der Waals surface area contributed by atoms with Gasteiger partial charge in [-0.15, -0.1) is 0 Å². The van der Waals surface area contributed by atoms with E-state index in [0.717, 1.165) is 6.08 Å². The summed E-state index contributed by atoms with van der Waals surface area (Å²) in [7, 11) is 1.57. The van der Waals surface area contributed by atoms with Crippen molar-refractivity contribution >= 4 is 49.8 Å². The van der Waals surface area contributed by atoms with Crippen molar-refractivity contribution in [2.24, 2.45) is 0 Å². The molecule has 0 saturated heterocycles. The van der Waals surface area contributed by atoms with Gasteiger partial charge in [0.05, 0.1) is 22.0 Å². The lowest BCUT2D eigenvalue weighted by atomic mass is 10.2. The Morgan fingerprint density at radius 3 is 2.45 bits per heavy atom. The van der Waals surface area contributed by atoms with E-state index in [4.69, 9.17) is 9.84 Å². The summed E-state index contributed by atoms with van der Waals surface area (Å²) in [6, 6.07) is 3.47. The number of hydrogen-bond acceptors (Lipinski definition) is 3. The first kappa shape index (κ1) is 16.7. The number of hydrogen-bond donors (Lipinski definition) is 2. The second kappa shape index (κ2) is 8.06. The second-order valence-corrected chi connectivity index (χ2v) is 5.47. The van der Waals surface area contributed by atoms with E-state index >= 15 is 0 Å². The highest BCUT2D eigenvalue weighted by Crippen LogP contribution is 2.35. The lowest BCUT2D eigenvalue weighted by Gasteiger charge is -2.11. The van der Waals surface area contributed by atoms with Gasteiger partial charge in [0.15, 0.2) is 0 Å². The molecule has 7 heteroatoms. The Bertz CT molecular complexity index is 520. The second-order valence-electron chi connectivity index (χ2n) is 3.76. The van der Waals surface area contributed by atoms with Gasteiger partial charge in [0, 0.05) is 13.1 Å². The number of nitrogens with one attached hydrogen (secondary N) is 1. The first-order valence-electron chi connectivity index (χ1n) is 5.67. The van der Waals surface area contributed by atoms with Gasteiger partial charge in [0.1, 0.15) is 5.75 Å². The van der Waals surface area contributed by atoms with Gasteiger partial charge in [0.25, 0.3) is 0 Å². The quantitative estimate of drug-likeness (QED) is 0.712. The number of carbonyl (C=O) groups excluding carboxylic acids is 1. The van der Waals surface area contributed by atoms with Crippen LogP contribution in [0.5, 0.6) is 5.75 Å². The predicted octanol–water partition coefficient (Wildman–Crippen LogP) is 2.82. The summed E-state index contributed by atoms with van der Waals surface area (Å²) in [5.74, 6) is -0.539. The summed E-state index contributed by atoms with van der Waals surface area (Å²) >= 11 is 6.70. The topological polar surface area (TPSA) is 75.6 Å². The number of amides is 1. The van der Waals surface area contributed by atoms with Crippen LogP contribution in [0, 0.1) is 0 Å². The molecule has 0 aliphatic heterocycles. The molecule has 1 aromatic rings. The van der Waals surface area contributed by atoms with E-state index in [9.17, 15) is 9.59 Å². The molecule has 0 aliphatic carbocycles. The van der Waals surface area contributed by atoms with Gasteiger partial charge in [-0.3, -0.25) is 4.79 Å². The van der Waals surface area contributed by atoms with E-state index in [1.165, 1.54) is 6.08 Å². The minimum absolute atomic E-state index is 0.0988. The van der Waals surface area contributed by atoms with E-state index in [0.29, 0.717) is 20.3 Å². The third kappa shape index (κ3) is 5.34. The van der Waals surface area contributed by atoms with Crippen LogP contribution < -0.4 is 10.1 Å². The summed E-state index contributed by atoms with van der Waals surface area (Å²) in [5, 5.41) is 11.1. The number of carboxylic acid groups (broad SMARTS) is 1. The first-order valence-corrected chi connectivity index (χ1v) is 7.26. The third-order valence-electron chi connectivity index (χ3n) is 2.29. The van der Waals surface area contributed by atoms with Crippen molar-refractivity contribution in [3.05, 3.63) is 32.7 Å². The Morgan fingerprint density at radius 2 is 1.95 bits per heavy atom. The zero-order chi connectivity index (χ0) is 15.1. The van der Waals surface area contributed by atoms with Gasteiger partial charge < -0.3 is 15.2 Å². The molecule has 5 nitrogen and oxygen atoms in total. The molecule has 0 saturated carbocycles. The van der Waals surface area contributed by atoms with E-state index in [-0.39, 0.29) is 18.9 Å². The van der Waals surface area contributed by atoms with Crippen LogP contribution in [0.25, 0.3) is 6.08 Å². The van der Waals surface area contributed by atoms with Gasteiger partial charge >= 0.3 is 5.97 Å². The van der Waals surface area contributed by atoms with E-state index in [1.807, 2.05) is 0 Å². The summed E-state index contributed by atoms with van der Waals surface area (Å²) < 4.78 is 6.88. The van der Waals surface area contributed by atoms with Crippen LogP contribution in [-0.4, -0.2) is 30.6 Å². The van der Waals surface area contributed by atoms with Gasteiger partial charge in [-0.05, 0) is 55.6 Å². The number of carbonyl (C=O) groups is 2. The molecule has 1 amide bonds. The van der Waals surface area contributed by atoms with Crippen molar-refractivity contribution in [1.82, 2.24) is 5.32 Å². The smallest absolute Gasteiger partial charge is 0.328 e. The number of ether oxygens (including phenoxy) is 1.